The summed E-state index contributed by atoms with van der Waals surface area (Å²) in [5, 5.41) is 0. The average Bonchev–Trinajstić information content (AvgIpc) is 2.48. The van der Waals surface area contributed by atoms with Gasteiger partial charge >= 0.3 is 0 Å². The molecule has 0 aliphatic carbocycles. The van der Waals surface area contributed by atoms with Crippen molar-refractivity contribution < 1.29 is 0 Å². The average molecular weight is 291 g/mol. The highest BCUT2D eigenvalue weighted by Crippen LogP contribution is 2.17. The standard InChI is InChI=1S/C18H33N3/c1-16(2)20-10-7-18(8-11-20)6-5-9-19-12-14-21(15-13-19)17(3)4/h16-18H,7-15H2,1-4H3. The Bertz CT molecular complexity index is 350. The topological polar surface area (TPSA) is 9.72 Å². The van der Waals surface area contributed by atoms with E-state index in [9.17, 15) is 0 Å². The van der Waals surface area contributed by atoms with E-state index < -0.39 is 0 Å². The van der Waals surface area contributed by atoms with Gasteiger partial charge in [0.2, 0.25) is 0 Å². The van der Waals surface area contributed by atoms with Gasteiger partial charge in [0.1, 0.15) is 0 Å². The van der Waals surface area contributed by atoms with Gasteiger partial charge in [-0.3, -0.25) is 9.80 Å². The molecule has 0 aromatic rings. The van der Waals surface area contributed by atoms with Crippen LogP contribution in [0.25, 0.3) is 0 Å². The molecule has 0 atom stereocenters. The van der Waals surface area contributed by atoms with Gasteiger partial charge in [0.25, 0.3) is 0 Å². The van der Waals surface area contributed by atoms with Crippen molar-refractivity contribution in [3.8, 4) is 11.8 Å². The van der Waals surface area contributed by atoms with Crippen LogP contribution in [0.3, 0.4) is 0 Å². The molecule has 120 valence electrons. The summed E-state index contributed by atoms with van der Waals surface area (Å²) in [6, 6.07) is 1.38. The summed E-state index contributed by atoms with van der Waals surface area (Å²) < 4.78 is 0. The normalized spacial score (nSPS) is 23.5. The Labute approximate surface area is 131 Å². The predicted molar refractivity (Wildman–Crippen MR) is 90.4 cm³/mol. The molecule has 0 aromatic carbocycles. The summed E-state index contributed by atoms with van der Waals surface area (Å²) in [6.45, 7) is 17.4. The Morgan fingerprint density at radius 2 is 1.33 bits per heavy atom. The Hall–Kier alpha value is -0.560. The zero-order chi connectivity index (χ0) is 15.2. The first-order chi connectivity index (χ1) is 10.1. The second-order valence-electron chi connectivity index (χ2n) is 7.13. The van der Waals surface area contributed by atoms with Crippen LogP contribution in [0.5, 0.6) is 0 Å². The molecule has 0 bridgehead atoms. The molecular weight excluding hydrogens is 258 g/mol. The Balaban J connectivity index is 1.66. The molecule has 2 fully saturated rings. The number of piperazine rings is 1. The van der Waals surface area contributed by atoms with E-state index in [2.05, 4.69) is 54.2 Å². The van der Waals surface area contributed by atoms with Crippen LogP contribution in [0, 0.1) is 17.8 Å². The monoisotopic (exact) mass is 291 g/mol. The van der Waals surface area contributed by atoms with Crippen LogP contribution in [0.2, 0.25) is 0 Å². The third kappa shape index (κ3) is 5.29. The molecule has 0 N–H and O–H groups in total. The summed E-state index contributed by atoms with van der Waals surface area (Å²) in [5.41, 5.74) is 0. The van der Waals surface area contributed by atoms with Crippen LogP contribution in [0.4, 0.5) is 0 Å². The first kappa shape index (κ1) is 16.8. The molecule has 0 aromatic heterocycles. The van der Waals surface area contributed by atoms with E-state index in [4.69, 9.17) is 0 Å². The van der Waals surface area contributed by atoms with Gasteiger partial charge in [-0.15, -0.1) is 0 Å². The zero-order valence-electron chi connectivity index (χ0n) is 14.4. The first-order valence-corrected chi connectivity index (χ1v) is 8.75. The lowest BCUT2D eigenvalue weighted by Gasteiger charge is -2.36. The van der Waals surface area contributed by atoms with E-state index in [0.717, 1.165) is 6.54 Å². The molecule has 2 aliphatic rings. The van der Waals surface area contributed by atoms with E-state index in [1.165, 1.54) is 52.1 Å². The summed E-state index contributed by atoms with van der Waals surface area (Å²) in [4.78, 5) is 7.64. The number of hydrogen-bond acceptors (Lipinski definition) is 3. The predicted octanol–water partition coefficient (Wildman–Crippen LogP) is 2.14. The van der Waals surface area contributed by atoms with Gasteiger partial charge in [-0.05, 0) is 53.6 Å². The van der Waals surface area contributed by atoms with Crippen LogP contribution in [0.1, 0.15) is 40.5 Å². The first-order valence-electron chi connectivity index (χ1n) is 8.75. The van der Waals surface area contributed by atoms with Crippen molar-refractivity contribution in [3.05, 3.63) is 0 Å². The minimum absolute atomic E-state index is 0.636. The molecular formula is C18H33N3. The lowest BCUT2D eigenvalue weighted by atomic mass is 9.96. The molecule has 2 rings (SSSR count). The van der Waals surface area contributed by atoms with E-state index >= 15 is 0 Å². The minimum Gasteiger partial charge on any atom is -0.301 e. The number of nitrogens with zero attached hydrogens (tertiary/aromatic N) is 3. The lowest BCUT2D eigenvalue weighted by Crippen LogP contribution is -2.48. The van der Waals surface area contributed by atoms with Gasteiger partial charge in [-0.2, -0.15) is 0 Å². The molecule has 2 aliphatic heterocycles. The maximum Gasteiger partial charge on any atom is 0.0602 e. The molecule has 0 saturated carbocycles. The highest BCUT2D eigenvalue weighted by atomic mass is 15.3. The van der Waals surface area contributed by atoms with Crippen molar-refractivity contribution in [1.82, 2.24) is 14.7 Å². The summed E-state index contributed by atoms with van der Waals surface area (Å²) in [5.74, 6) is 7.62. The second-order valence-corrected chi connectivity index (χ2v) is 7.13. The van der Waals surface area contributed by atoms with Gasteiger partial charge in [-0.1, -0.05) is 11.8 Å². The lowest BCUT2D eigenvalue weighted by molar-refractivity contribution is 0.118. The van der Waals surface area contributed by atoms with E-state index in [-0.39, 0.29) is 0 Å². The molecule has 3 heteroatoms. The smallest absolute Gasteiger partial charge is 0.0602 e. The third-order valence-electron chi connectivity index (χ3n) is 5.01. The van der Waals surface area contributed by atoms with Crippen LogP contribution in [-0.4, -0.2) is 72.6 Å². The van der Waals surface area contributed by atoms with Crippen molar-refractivity contribution >= 4 is 0 Å². The number of rotatable bonds is 3. The van der Waals surface area contributed by atoms with Crippen LogP contribution < -0.4 is 0 Å². The van der Waals surface area contributed by atoms with Crippen molar-refractivity contribution in [1.29, 1.82) is 0 Å². The molecule has 2 saturated heterocycles. The molecule has 0 amide bonds. The summed E-state index contributed by atoms with van der Waals surface area (Å²) >= 11 is 0. The molecule has 21 heavy (non-hydrogen) atoms. The third-order valence-corrected chi connectivity index (χ3v) is 5.01. The maximum absolute atomic E-state index is 3.53. The van der Waals surface area contributed by atoms with Gasteiger partial charge in [0.05, 0.1) is 6.54 Å². The number of hydrogen-bond donors (Lipinski definition) is 0. The van der Waals surface area contributed by atoms with E-state index in [1.807, 2.05) is 0 Å². The van der Waals surface area contributed by atoms with E-state index in [1.54, 1.807) is 0 Å². The molecule has 0 unspecified atom stereocenters. The fraction of sp³-hybridized carbons (Fsp3) is 0.889. The van der Waals surface area contributed by atoms with Gasteiger partial charge in [0.15, 0.2) is 0 Å². The van der Waals surface area contributed by atoms with Crippen LogP contribution in [-0.2, 0) is 0 Å². The molecule has 0 spiro atoms. The summed E-state index contributed by atoms with van der Waals surface area (Å²) in [6.07, 6.45) is 2.51. The van der Waals surface area contributed by atoms with Crippen LogP contribution >= 0.6 is 0 Å². The Morgan fingerprint density at radius 3 is 1.86 bits per heavy atom. The van der Waals surface area contributed by atoms with Crippen molar-refractivity contribution in [3.63, 3.8) is 0 Å². The van der Waals surface area contributed by atoms with E-state index in [0.29, 0.717) is 18.0 Å². The number of likely N-dealkylation sites (tertiary alicyclic amines) is 1. The summed E-state index contributed by atoms with van der Waals surface area (Å²) in [7, 11) is 0. The van der Waals surface area contributed by atoms with Crippen molar-refractivity contribution in [2.45, 2.75) is 52.6 Å². The van der Waals surface area contributed by atoms with Gasteiger partial charge < -0.3 is 4.90 Å². The molecule has 0 radical (unpaired) electrons. The molecule has 2 heterocycles. The fourth-order valence-corrected chi connectivity index (χ4v) is 3.30. The Morgan fingerprint density at radius 1 is 0.810 bits per heavy atom. The highest BCUT2D eigenvalue weighted by Gasteiger charge is 2.20. The quantitative estimate of drug-likeness (QED) is 0.738. The largest absolute Gasteiger partial charge is 0.301 e. The zero-order valence-corrected chi connectivity index (χ0v) is 14.4. The van der Waals surface area contributed by atoms with Crippen LogP contribution in [0.15, 0.2) is 0 Å². The van der Waals surface area contributed by atoms with Crippen molar-refractivity contribution in [2.75, 3.05) is 45.8 Å². The minimum atomic E-state index is 0.636. The highest BCUT2D eigenvalue weighted by molar-refractivity contribution is 5.07. The number of piperidine rings is 1. The Kier molecular flexibility index (Phi) is 6.54. The SMILES string of the molecule is CC(C)N1CCC(C#CCN2CCN(C(C)C)CC2)CC1. The van der Waals surface area contributed by atoms with Gasteiger partial charge in [-0.25, -0.2) is 0 Å². The second kappa shape index (κ2) is 8.17. The van der Waals surface area contributed by atoms with Crippen molar-refractivity contribution in [2.24, 2.45) is 5.92 Å². The molecule has 3 nitrogen and oxygen atoms in total. The van der Waals surface area contributed by atoms with Gasteiger partial charge in [0, 0.05) is 44.2 Å². The maximum atomic E-state index is 3.53. The fourth-order valence-electron chi connectivity index (χ4n) is 3.30.